The molecular formula is C8H12N2O4S. The van der Waals surface area contributed by atoms with Crippen molar-refractivity contribution in [2.45, 2.75) is 6.92 Å². The summed E-state index contributed by atoms with van der Waals surface area (Å²) in [6.07, 6.45) is 2.18. The quantitative estimate of drug-likeness (QED) is 0.416. The lowest BCUT2D eigenvalue weighted by atomic mass is 10.4. The van der Waals surface area contributed by atoms with E-state index >= 15 is 0 Å². The van der Waals surface area contributed by atoms with Crippen molar-refractivity contribution in [3.63, 3.8) is 0 Å². The molecule has 0 aromatic heterocycles. The zero-order valence-electron chi connectivity index (χ0n) is 8.26. The molecule has 0 bridgehead atoms. The molecule has 0 saturated heterocycles. The molecule has 0 rings (SSSR count). The van der Waals surface area contributed by atoms with Crippen LogP contribution in [0.25, 0.3) is 0 Å². The first-order chi connectivity index (χ1) is 6.86. The fourth-order valence-corrected chi connectivity index (χ4v) is 2.00. The Morgan fingerprint density at radius 1 is 1.60 bits per heavy atom. The number of allylic oxidation sites excluding steroid dienone is 2. The third kappa shape index (κ3) is 3.64. The van der Waals surface area contributed by atoms with Gasteiger partial charge in [-0.2, -0.15) is 0 Å². The van der Waals surface area contributed by atoms with Crippen LogP contribution in [0, 0.1) is 10.1 Å². The fourth-order valence-electron chi connectivity index (χ4n) is 0.806. The van der Waals surface area contributed by atoms with E-state index in [1.807, 2.05) is 0 Å². The summed E-state index contributed by atoms with van der Waals surface area (Å²) in [4.78, 5) is 9.07. The molecule has 0 fully saturated rings. The number of nitro groups is 1. The average Bonchev–Trinajstić information content (AvgIpc) is 2.12. The molecule has 0 aliphatic heterocycles. The summed E-state index contributed by atoms with van der Waals surface area (Å²) in [6, 6.07) is 0. The molecule has 0 aliphatic rings. The highest BCUT2D eigenvalue weighted by Gasteiger charge is 2.26. The van der Waals surface area contributed by atoms with E-state index in [4.69, 9.17) is 0 Å². The Morgan fingerprint density at radius 3 is 2.47 bits per heavy atom. The van der Waals surface area contributed by atoms with Gasteiger partial charge in [0.2, 0.25) is 10.0 Å². The van der Waals surface area contributed by atoms with Crippen LogP contribution in [0.15, 0.2) is 35.9 Å². The maximum Gasteiger partial charge on any atom is 0.282 e. The highest BCUT2D eigenvalue weighted by Crippen LogP contribution is 2.14. The molecule has 0 amide bonds. The first-order valence-electron chi connectivity index (χ1n) is 4.02. The van der Waals surface area contributed by atoms with Gasteiger partial charge in [-0.1, -0.05) is 19.6 Å². The molecule has 84 valence electrons. The van der Waals surface area contributed by atoms with E-state index in [9.17, 15) is 18.5 Å². The zero-order chi connectivity index (χ0) is 12.1. The number of nitrogens with zero attached hydrogens (tertiary/aromatic N) is 1. The normalized spacial score (nSPS) is 12.2. The van der Waals surface area contributed by atoms with Gasteiger partial charge in [0.15, 0.2) is 4.91 Å². The third-order valence-corrected chi connectivity index (χ3v) is 3.02. The predicted octanol–water partition coefficient (Wildman–Crippen LogP) is 0.786. The van der Waals surface area contributed by atoms with Crippen LogP contribution in [0.3, 0.4) is 0 Å². The molecule has 0 spiro atoms. The van der Waals surface area contributed by atoms with Gasteiger partial charge in [0.05, 0.1) is 4.92 Å². The molecule has 0 atom stereocenters. The molecule has 0 aromatic carbocycles. The van der Waals surface area contributed by atoms with Crippen LogP contribution in [0.5, 0.6) is 0 Å². The minimum absolute atomic E-state index is 0.141. The van der Waals surface area contributed by atoms with E-state index in [1.54, 1.807) is 6.92 Å². The molecule has 0 radical (unpaired) electrons. The monoisotopic (exact) mass is 232 g/mol. The molecule has 0 heterocycles. The summed E-state index contributed by atoms with van der Waals surface area (Å²) in [5.74, 6) is 0. The highest BCUT2D eigenvalue weighted by atomic mass is 32.2. The smallest absolute Gasteiger partial charge is 0.258 e. The Labute approximate surface area is 88.2 Å². The van der Waals surface area contributed by atoms with Gasteiger partial charge >= 0.3 is 0 Å². The summed E-state index contributed by atoms with van der Waals surface area (Å²) in [5.41, 5.74) is -0.684. The van der Waals surface area contributed by atoms with Gasteiger partial charge in [0, 0.05) is 6.54 Å². The molecule has 1 N–H and O–H groups in total. The first kappa shape index (κ1) is 13.5. The number of nitrogens with one attached hydrogen (secondary N) is 1. The molecular weight excluding hydrogens is 220 g/mol. The third-order valence-electron chi connectivity index (χ3n) is 1.40. The van der Waals surface area contributed by atoms with Gasteiger partial charge in [0.25, 0.3) is 5.70 Å². The van der Waals surface area contributed by atoms with Crippen LogP contribution in [0.4, 0.5) is 0 Å². The number of rotatable bonds is 6. The van der Waals surface area contributed by atoms with E-state index in [-0.39, 0.29) is 6.54 Å². The molecule has 0 saturated carbocycles. The molecule has 0 aliphatic carbocycles. The van der Waals surface area contributed by atoms with Gasteiger partial charge in [-0.3, -0.25) is 10.1 Å². The Hall–Kier alpha value is -1.47. The summed E-state index contributed by atoms with van der Waals surface area (Å²) >= 11 is 0. The second-order valence-electron chi connectivity index (χ2n) is 2.47. The molecule has 6 nitrogen and oxygen atoms in total. The fraction of sp³-hybridized carbons (Fsp3) is 0.250. The van der Waals surface area contributed by atoms with Gasteiger partial charge in [0.1, 0.15) is 0 Å². The Bertz CT molecular complexity index is 408. The van der Waals surface area contributed by atoms with Crippen molar-refractivity contribution in [3.8, 4) is 0 Å². The first-order valence-corrected chi connectivity index (χ1v) is 5.51. The largest absolute Gasteiger partial charge is 0.282 e. The van der Waals surface area contributed by atoms with E-state index in [1.165, 1.54) is 0 Å². The van der Waals surface area contributed by atoms with Crippen LogP contribution in [-0.2, 0) is 10.0 Å². The molecule has 0 unspecified atom stereocenters. The summed E-state index contributed by atoms with van der Waals surface area (Å²) in [6.45, 7) is 8.08. The van der Waals surface area contributed by atoms with Gasteiger partial charge in [-0.25, -0.2) is 13.1 Å². The standard InChI is InChI=1S/C8H12N2O4S/c1-4-6-8(7(3)10(11)12)15(13,14)9-5-2/h4,6,9H,1,3,5H2,2H3/b8-6+. The van der Waals surface area contributed by atoms with Crippen molar-refractivity contribution in [1.29, 1.82) is 0 Å². The van der Waals surface area contributed by atoms with Crippen molar-refractivity contribution in [2.75, 3.05) is 6.54 Å². The SMILES string of the molecule is C=C/C=C(\C(=C)[N+](=O)[O-])S(=O)(=O)NCC. The molecule has 7 heteroatoms. The Kier molecular flexibility index (Phi) is 4.89. The zero-order valence-corrected chi connectivity index (χ0v) is 9.08. The summed E-state index contributed by atoms with van der Waals surface area (Å²) < 4.78 is 25.1. The second kappa shape index (κ2) is 5.42. The van der Waals surface area contributed by atoms with Crippen LogP contribution in [-0.4, -0.2) is 19.9 Å². The number of sulfonamides is 1. The van der Waals surface area contributed by atoms with Crippen LogP contribution in [0.2, 0.25) is 0 Å². The maximum absolute atomic E-state index is 11.5. The predicted molar refractivity (Wildman–Crippen MR) is 57.0 cm³/mol. The van der Waals surface area contributed by atoms with Gasteiger partial charge < -0.3 is 0 Å². The highest BCUT2D eigenvalue weighted by molar-refractivity contribution is 7.93. The Balaban J connectivity index is 5.36. The average molecular weight is 232 g/mol. The van der Waals surface area contributed by atoms with E-state index in [2.05, 4.69) is 17.9 Å². The lowest BCUT2D eigenvalue weighted by molar-refractivity contribution is -0.419. The van der Waals surface area contributed by atoms with Crippen molar-refractivity contribution in [3.05, 3.63) is 46.0 Å². The van der Waals surface area contributed by atoms with Crippen LogP contribution in [0.1, 0.15) is 6.92 Å². The molecule has 0 aromatic rings. The van der Waals surface area contributed by atoms with Gasteiger partial charge in [-0.05, 0) is 12.7 Å². The second-order valence-corrected chi connectivity index (χ2v) is 4.21. The lowest BCUT2D eigenvalue weighted by Crippen LogP contribution is -2.26. The topological polar surface area (TPSA) is 89.3 Å². The van der Waals surface area contributed by atoms with Crippen molar-refractivity contribution >= 4 is 10.0 Å². The summed E-state index contributed by atoms with van der Waals surface area (Å²) in [7, 11) is -3.88. The minimum Gasteiger partial charge on any atom is -0.258 e. The van der Waals surface area contributed by atoms with E-state index in [0.717, 1.165) is 12.2 Å². The van der Waals surface area contributed by atoms with Crippen molar-refractivity contribution < 1.29 is 13.3 Å². The van der Waals surface area contributed by atoms with E-state index < -0.39 is 25.5 Å². The maximum atomic E-state index is 11.5. The minimum atomic E-state index is -3.88. The van der Waals surface area contributed by atoms with Crippen LogP contribution < -0.4 is 4.72 Å². The number of hydrogen-bond donors (Lipinski definition) is 1. The van der Waals surface area contributed by atoms with E-state index in [0.29, 0.717) is 0 Å². The van der Waals surface area contributed by atoms with Gasteiger partial charge in [-0.15, -0.1) is 0 Å². The van der Waals surface area contributed by atoms with Crippen molar-refractivity contribution in [2.24, 2.45) is 0 Å². The Morgan fingerprint density at radius 2 is 2.13 bits per heavy atom. The lowest BCUT2D eigenvalue weighted by Gasteiger charge is -2.05. The molecule has 15 heavy (non-hydrogen) atoms. The van der Waals surface area contributed by atoms with Crippen LogP contribution >= 0.6 is 0 Å². The number of hydrogen-bond acceptors (Lipinski definition) is 4. The summed E-state index contributed by atoms with van der Waals surface area (Å²) in [5, 5.41) is 10.4. The van der Waals surface area contributed by atoms with Crippen molar-refractivity contribution in [1.82, 2.24) is 4.72 Å².